The van der Waals surface area contributed by atoms with Gasteiger partial charge in [0.25, 0.3) is 11.8 Å². The number of hydrogen-bond donors (Lipinski definition) is 0. The fourth-order valence-corrected chi connectivity index (χ4v) is 2.11. The maximum atomic E-state index is 12.4. The maximum absolute atomic E-state index is 12.4. The molecule has 0 fully saturated rings. The van der Waals surface area contributed by atoms with Crippen molar-refractivity contribution < 1.29 is 28.7 Å². The molecule has 0 unspecified atom stereocenters. The highest BCUT2D eigenvalue weighted by molar-refractivity contribution is 6.12. The molecule has 0 aliphatic carbocycles. The van der Waals surface area contributed by atoms with Gasteiger partial charge in [-0.1, -0.05) is 0 Å². The molecule has 1 aliphatic rings. The molecule has 3 amide bonds. The first-order valence-corrected chi connectivity index (χ1v) is 8.52. The summed E-state index contributed by atoms with van der Waals surface area (Å²) in [5.41, 5.74) is -1.32. The topological polar surface area (TPSA) is 93.2 Å². The van der Waals surface area contributed by atoms with E-state index in [1.54, 1.807) is 41.5 Å². The largest absolute Gasteiger partial charge is 0.460 e. The van der Waals surface area contributed by atoms with Crippen LogP contribution in [0, 0.1) is 0 Å². The van der Waals surface area contributed by atoms with E-state index in [-0.39, 0.29) is 26.1 Å². The van der Waals surface area contributed by atoms with Crippen LogP contribution in [0.1, 0.15) is 48.0 Å². The normalized spacial score (nSPS) is 14.6. The zero-order valence-corrected chi connectivity index (χ0v) is 16.3. The third-order valence-electron chi connectivity index (χ3n) is 3.15. The Balaban J connectivity index is 2.69. The molecule has 1 heterocycles. The number of rotatable bonds is 6. The molecule has 0 atom stereocenters. The molecule has 0 aromatic carbocycles. The van der Waals surface area contributed by atoms with E-state index in [9.17, 15) is 19.2 Å². The van der Waals surface area contributed by atoms with E-state index in [1.165, 1.54) is 17.1 Å². The van der Waals surface area contributed by atoms with Crippen LogP contribution in [-0.2, 0) is 23.9 Å². The van der Waals surface area contributed by atoms with Gasteiger partial charge in [-0.2, -0.15) is 0 Å². The first-order valence-electron chi connectivity index (χ1n) is 8.52. The molecule has 1 rings (SSSR count). The number of nitrogens with zero attached hydrogens (tertiary/aromatic N) is 2. The molecule has 0 bridgehead atoms. The number of carbonyl (C=O) groups excluding carboxylic acids is 4. The van der Waals surface area contributed by atoms with E-state index in [2.05, 4.69) is 0 Å². The van der Waals surface area contributed by atoms with Crippen LogP contribution in [0.25, 0.3) is 0 Å². The smallest absolute Gasteiger partial charge is 0.410 e. The number of hydrogen-bond acceptors (Lipinski definition) is 6. The van der Waals surface area contributed by atoms with Gasteiger partial charge in [-0.15, -0.1) is 0 Å². The Morgan fingerprint density at radius 3 is 1.88 bits per heavy atom. The van der Waals surface area contributed by atoms with Gasteiger partial charge in [-0.25, -0.2) is 4.79 Å². The average molecular weight is 368 g/mol. The van der Waals surface area contributed by atoms with Crippen LogP contribution in [-0.4, -0.2) is 64.5 Å². The summed E-state index contributed by atoms with van der Waals surface area (Å²) in [6, 6.07) is 0. The van der Waals surface area contributed by atoms with Crippen molar-refractivity contribution in [1.82, 2.24) is 9.80 Å². The summed E-state index contributed by atoms with van der Waals surface area (Å²) < 4.78 is 10.6. The van der Waals surface area contributed by atoms with Crippen LogP contribution in [0.15, 0.2) is 12.2 Å². The fourth-order valence-electron chi connectivity index (χ4n) is 2.11. The second kappa shape index (κ2) is 8.33. The van der Waals surface area contributed by atoms with Crippen LogP contribution in [0.5, 0.6) is 0 Å². The molecule has 0 aromatic heterocycles. The van der Waals surface area contributed by atoms with Gasteiger partial charge in [0.1, 0.15) is 11.2 Å². The predicted octanol–water partition coefficient (Wildman–Crippen LogP) is 1.88. The Morgan fingerprint density at radius 1 is 0.923 bits per heavy atom. The van der Waals surface area contributed by atoms with Gasteiger partial charge in [0.2, 0.25) is 0 Å². The summed E-state index contributed by atoms with van der Waals surface area (Å²) >= 11 is 0. The first kappa shape index (κ1) is 21.7. The molecule has 8 nitrogen and oxygen atoms in total. The van der Waals surface area contributed by atoms with Crippen molar-refractivity contribution in [2.45, 2.75) is 59.2 Å². The molecular weight excluding hydrogens is 340 g/mol. The molecule has 0 radical (unpaired) electrons. The van der Waals surface area contributed by atoms with Crippen molar-refractivity contribution >= 4 is 23.9 Å². The highest BCUT2D eigenvalue weighted by atomic mass is 16.6. The summed E-state index contributed by atoms with van der Waals surface area (Å²) in [6.07, 6.45) is 1.73. The van der Waals surface area contributed by atoms with Crippen LogP contribution in [0.2, 0.25) is 0 Å². The third kappa shape index (κ3) is 7.67. The lowest BCUT2D eigenvalue weighted by Crippen LogP contribution is -2.44. The zero-order valence-electron chi connectivity index (χ0n) is 16.3. The molecule has 0 spiro atoms. The lowest BCUT2D eigenvalue weighted by atomic mass is 10.2. The van der Waals surface area contributed by atoms with Crippen molar-refractivity contribution in [2.75, 3.05) is 19.6 Å². The number of imide groups is 1. The standard InChI is InChI=1S/C18H28N2O6/c1-17(2,3)25-15(23)9-10-19(16(24)26-18(4,5)6)11-12-20-13(21)7-8-14(20)22/h7-8H,9-12H2,1-6H3. The molecule has 146 valence electrons. The SMILES string of the molecule is CC(C)(C)OC(=O)CCN(CCN1C(=O)C=CC1=O)C(=O)OC(C)(C)C. The molecule has 0 saturated carbocycles. The monoisotopic (exact) mass is 368 g/mol. The minimum Gasteiger partial charge on any atom is -0.460 e. The Labute approximate surface area is 154 Å². The van der Waals surface area contributed by atoms with E-state index < -0.39 is 35.1 Å². The second-order valence-electron chi connectivity index (χ2n) is 7.97. The summed E-state index contributed by atoms with van der Waals surface area (Å²) in [6.45, 7) is 10.6. The Morgan fingerprint density at radius 2 is 1.42 bits per heavy atom. The van der Waals surface area contributed by atoms with Gasteiger partial charge < -0.3 is 14.4 Å². The van der Waals surface area contributed by atoms with Gasteiger partial charge in [0.15, 0.2) is 0 Å². The molecule has 1 aliphatic heterocycles. The van der Waals surface area contributed by atoms with Crippen molar-refractivity contribution in [1.29, 1.82) is 0 Å². The van der Waals surface area contributed by atoms with Gasteiger partial charge in [-0.05, 0) is 41.5 Å². The molecule has 0 N–H and O–H groups in total. The van der Waals surface area contributed by atoms with E-state index in [1.807, 2.05) is 0 Å². The van der Waals surface area contributed by atoms with Crippen molar-refractivity contribution in [3.63, 3.8) is 0 Å². The molecule has 8 heteroatoms. The lowest BCUT2D eigenvalue weighted by Gasteiger charge is -2.28. The van der Waals surface area contributed by atoms with E-state index in [4.69, 9.17) is 9.47 Å². The minimum absolute atomic E-state index is 0.0172. The fraction of sp³-hybridized carbons (Fsp3) is 0.667. The van der Waals surface area contributed by atoms with Crippen LogP contribution < -0.4 is 0 Å². The van der Waals surface area contributed by atoms with Gasteiger partial charge >= 0.3 is 12.1 Å². The number of esters is 1. The highest BCUT2D eigenvalue weighted by Gasteiger charge is 2.27. The average Bonchev–Trinajstić information content (AvgIpc) is 2.74. The van der Waals surface area contributed by atoms with Gasteiger partial charge in [0.05, 0.1) is 6.42 Å². The summed E-state index contributed by atoms with van der Waals surface area (Å²) in [5.74, 6) is -1.29. The summed E-state index contributed by atoms with van der Waals surface area (Å²) in [7, 11) is 0. The number of ether oxygens (including phenoxy) is 2. The van der Waals surface area contributed by atoms with E-state index >= 15 is 0 Å². The zero-order chi connectivity index (χ0) is 20.1. The summed E-state index contributed by atoms with van der Waals surface area (Å²) in [5, 5.41) is 0. The Bertz CT molecular complexity index is 580. The quantitative estimate of drug-likeness (QED) is 0.525. The van der Waals surface area contributed by atoms with Crippen LogP contribution in [0.3, 0.4) is 0 Å². The molecular formula is C18H28N2O6. The molecule has 0 saturated heterocycles. The highest BCUT2D eigenvalue weighted by Crippen LogP contribution is 2.13. The van der Waals surface area contributed by atoms with Crippen LogP contribution >= 0.6 is 0 Å². The van der Waals surface area contributed by atoms with Gasteiger partial charge in [-0.3, -0.25) is 19.3 Å². The lowest BCUT2D eigenvalue weighted by molar-refractivity contribution is -0.155. The molecule has 26 heavy (non-hydrogen) atoms. The van der Waals surface area contributed by atoms with Crippen molar-refractivity contribution in [3.05, 3.63) is 12.2 Å². The maximum Gasteiger partial charge on any atom is 0.410 e. The third-order valence-corrected chi connectivity index (χ3v) is 3.15. The number of amides is 3. The minimum atomic E-state index is -0.706. The van der Waals surface area contributed by atoms with Gasteiger partial charge in [0, 0.05) is 31.8 Å². The van der Waals surface area contributed by atoms with Crippen molar-refractivity contribution in [3.8, 4) is 0 Å². The van der Waals surface area contributed by atoms with Crippen LogP contribution in [0.4, 0.5) is 4.79 Å². The first-order chi connectivity index (χ1) is 11.8. The molecule has 0 aromatic rings. The van der Waals surface area contributed by atoms with E-state index in [0.29, 0.717) is 0 Å². The Kier molecular flexibility index (Phi) is 6.94. The van der Waals surface area contributed by atoms with E-state index in [0.717, 1.165) is 4.90 Å². The second-order valence-corrected chi connectivity index (χ2v) is 7.97. The van der Waals surface area contributed by atoms with Crippen molar-refractivity contribution in [2.24, 2.45) is 0 Å². The number of carbonyl (C=O) groups is 4. The summed E-state index contributed by atoms with van der Waals surface area (Å²) in [4.78, 5) is 49.9. The Hall–Kier alpha value is -2.38. The predicted molar refractivity (Wildman–Crippen MR) is 94.1 cm³/mol.